The maximum absolute atomic E-state index is 4.63. The van der Waals surface area contributed by atoms with Crippen molar-refractivity contribution in [2.24, 2.45) is 0 Å². The number of nitrogens with zero attached hydrogens (tertiary/aromatic N) is 2. The van der Waals surface area contributed by atoms with E-state index in [0.29, 0.717) is 11.6 Å². The normalized spacial score (nSPS) is 24.9. The predicted molar refractivity (Wildman–Crippen MR) is 80.7 cm³/mol. The molecule has 2 aliphatic rings. The van der Waals surface area contributed by atoms with Gasteiger partial charge in [0, 0.05) is 36.2 Å². The van der Waals surface area contributed by atoms with Crippen LogP contribution in [0.15, 0.2) is 6.20 Å². The molecule has 1 aromatic heterocycles. The second-order valence-electron chi connectivity index (χ2n) is 6.08. The van der Waals surface area contributed by atoms with Gasteiger partial charge in [-0.15, -0.1) is 11.3 Å². The van der Waals surface area contributed by atoms with E-state index in [0.717, 1.165) is 19.5 Å². The average molecular weight is 279 g/mol. The van der Waals surface area contributed by atoms with E-state index < -0.39 is 0 Å². The molecule has 19 heavy (non-hydrogen) atoms. The molecule has 0 radical (unpaired) electrons. The highest BCUT2D eigenvalue weighted by atomic mass is 32.1. The summed E-state index contributed by atoms with van der Waals surface area (Å²) in [6.45, 7) is 8.03. The summed E-state index contributed by atoms with van der Waals surface area (Å²) in [6.07, 6.45) is 8.67. The fourth-order valence-corrected chi connectivity index (χ4v) is 4.48. The monoisotopic (exact) mass is 279 g/mol. The van der Waals surface area contributed by atoms with Crippen LogP contribution in [0.4, 0.5) is 0 Å². The Morgan fingerprint density at radius 2 is 2.26 bits per heavy atom. The largest absolute Gasteiger partial charge is 0.309 e. The molecule has 2 fully saturated rings. The van der Waals surface area contributed by atoms with E-state index in [1.165, 1.54) is 42.1 Å². The molecule has 1 aromatic rings. The second-order valence-corrected chi connectivity index (χ2v) is 7.23. The van der Waals surface area contributed by atoms with Crippen LogP contribution in [0.1, 0.15) is 55.5 Å². The zero-order valence-electron chi connectivity index (χ0n) is 12.1. The number of thiazole rings is 1. The standard InChI is InChI=1S/C15H25N3S/c1-3-13-10-16-14(19-13)12(2)18-9-8-17-15(11-18)6-4-5-7-15/h10,12,17H,3-9,11H2,1-2H3. The fraction of sp³-hybridized carbons (Fsp3) is 0.800. The molecule has 1 spiro atoms. The Morgan fingerprint density at radius 1 is 1.47 bits per heavy atom. The van der Waals surface area contributed by atoms with Gasteiger partial charge in [0.2, 0.25) is 0 Å². The summed E-state index contributed by atoms with van der Waals surface area (Å²) in [4.78, 5) is 8.68. The Kier molecular flexibility index (Phi) is 3.92. The van der Waals surface area contributed by atoms with Crippen LogP contribution in [0, 0.1) is 0 Å². The molecule has 0 amide bonds. The van der Waals surface area contributed by atoms with Crippen molar-refractivity contribution < 1.29 is 0 Å². The highest BCUT2D eigenvalue weighted by molar-refractivity contribution is 7.11. The Morgan fingerprint density at radius 3 is 2.95 bits per heavy atom. The third kappa shape index (κ3) is 2.71. The van der Waals surface area contributed by atoms with Crippen molar-refractivity contribution >= 4 is 11.3 Å². The fourth-order valence-electron chi connectivity index (χ4n) is 3.54. The molecule has 1 N–H and O–H groups in total. The van der Waals surface area contributed by atoms with Crippen molar-refractivity contribution in [2.75, 3.05) is 19.6 Å². The third-order valence-corrected chi connectivity index (χ3v) is 6.10. The lowest BCUT2D eigenvalue weighted by atomic mass is 9.94. The number of hydrogen-bond acceptors (Lipinski definition) is 4. The molecule has 3 rings (SSSR count). The lowest BCUT2D eigenvalue weighted by Crippen LogP contribution is -2.59. The molecule has 1 unspecified atom stereocenters. The van der Waals surface area contributed by atoms with Gasteiger partial charge in [0.15, 0.2) is 0 Å². The Bertz CT molecular complexity index is 423. The van der Waals surface area contributed by atoms with Gasteiger partial charge >= 0.3 is 0 Å². The SMILES string of the molecule is CCc1cnc(C(C)N2CCNC3(CCCC3)C2)s1. The minimum atomic E-state index is 0.414. The molecule has 0 bridgehead atoms. The van der Waals surface area contributed by atoms with Gasteiger partial charge < -0.3 is 5.32 Å². The van der Waals surface area contributed by atoms with E-state index in [1.807, 2.05) is 11.3 Å². The summed E-state index contributed by atoms with van der Waals surface area (Å²) in [5, 5.41) is 5.09. The Hall–Kier alpha value is -0.450. The van der Waals surface area contributed by atoms with Crippen LogP contribution in [-0.2, 0) is 6.42 Å². The third-order valence-electron chi connectivity index (χ3n) is 4.79. The van der Waals surface area contributed by atoms with Crippen LogP contribution in [-0.4, -0.2) is 35.1 Å². The van der Waals surface area contributed by atoms with E-state index in [9.17, 15) is 0 Å². The van der Waals surface area contributed by atoms with Crippen LogP contribution in [0.5, 0.6) is 0 Å². The van der Waals surface area contributed by atoms with Crippen LogP contribution in [0.3, 0.4) is 0 Å². The maximum atomic E-state index is 4.63. The minimum Gasteiger partial charge on any atom is -0.309 e. The van der Waals surface area contributed by atoms with Gasteiger partial charge in [-0.05, 0) is 26.2 Å². The summed E-state index contributed by atoms with van der Waals surface area (Å²) in [7, 11) is 0. The molecule has 2 heterocycles. The van der Waals surface area contributed by atoms with E-state index in [4.69, 9.17) is 0 Å². The molecule has 1 atom stereocenters. The van der Waals surface area contributed by atoms with Crippen molar-refractivity contribution in [1.82, 2.24) is 15.2 Å². The van der Waals surface area contributed by atoms with Gasteiger partial charge in [-0.3, -0.25) is 4.90 Å². The van der Waals surface area contributed by atoms with Crippen LogP contribution in [0.2, 0.25) is 0 Å². The van der Waals surface area contributed by atoms with Gasteiger partial charge in [-0.1, -0.05) is 19.8 Å². The number of hydrogen-bond donors (Lipinski definition) is 1. The number of piperazine rings is 1. The summed E-state index contributed by atoms with van der Waals surface area (Å²) < 4.78 is 0. The molecule has 1 aliphatic carbocycles. The molecular weight excluding hydrogens is 254 g/mol. The molecule has 106 valence electrons. The highest BCUT2D eigenvalue weighted by Crippen LogP contribution is 2.35. The van der Waals surface area contributed by atoms with Crippen LogP contribution < -0.4 is 5.32 Å². The van der Waals surface area contributed by atoms with Crippen molar-refractivity contribution in [1.29, 1.82) is 0 Å². The summed E-state index contributed by atoms with van der Waals surface area (Å²) in [5.41, 5.74) is 0.414. The molecule has 4 heteroatoms. The van der Waals surface area contributed by atoms with Crippen molar-refractivity contribution in [3.8, 4) is 0 Å². The quantitative estimate of drug-likeness (QED) is 0.922. The van der Waals surface area contributed by atoms with E-state index in [-0.39, 0.29) is 0 Å². The predicted octanol–water partition coefficient (Wildman–Crippen LogP) is 2.98. The van der Waals surface area contributed by atoms with E-state index in [1.54, 1.807) is 0 Å². The van der Waals surface area contributed by atoms with Crippen LogP contribution in [0.25, 0.3) is 0 Å². The Labute approximate surface area is 120 Å². The average Bonchev–Trinajstić information content (AvgIpc) is 3.07. The number of rotatable bonds is 3. The van der Waals surface area contributed by atoms with Gasteiger partial charge in [0.05, 0.1) is 6.04 Å². The first-order valence-corrected chi connectivity index (χ1v) is 8.48. The van der Waals surface area contributed by atoms with Crippen molar-refractivity contribution in [3.63, 3.8) is 0 Å². The zero-order valence-corrected chi connectivity index (χ0v) is 12.9. The minimum absolute atomic E-state index is 0.414. The first kappa shape index (κ1) is 13.5. The molecular formula is C15H25N3S. The lowest BCUT2D eigenvalue weighted by Gasteiger charge is -2.43. The zero-order chi connectivity index (χ0) is 13.3. The Balaban J connectivity index is 1.70. The van der Waals surface area contributed by atoms with Crippen LogP contribution >= 0.6 is 11.3 Å². The lowest BCUT2D eigenvalue weighted by molar-refractivity contribution is 0.100. The van der Waals surface area contributed by atoms with Crippen molar-refractivity contribution in [2.45, 2.75) is 57.5 Å². The molecule has 0 aromatic carbocycles. The summed E-state index contributed by atoms with van der Waals surface area (Å²) in [6, 6.07) is 0.477. The molecule has 3 nitrogen and oxygen atoms in total. The van der Waals surface area contributed by atoms with Gasteiger partial charge in [-0.2, -0.15) is 0 Å². The van der Waals surface area contributed by atoms with Crippen molar-refractivity contribution in [3.05, 3.63) is 16.1 Å². The highest BCUT2D eigenvalue weighted by Gasteiger charge is 2.39. The molecule has 1 saturated carbocycles. The first-order valence-electron chi connectivity index (χ1n) is 7.66. The maximum Gasteiger partial charge on any atom is 0.110 e. The van der Waals surface area contributed by atoms with Gasteiger partial charge in [0.1, 0.15) is 5.01 Å². The number of nitrogens with one attached hydrogen (secondary N) is 1. The molecule has 1 aliphatic heterocycles. The summed E-state index contributed by atoms with van der Waals surface area (Å²) >= 11 is 1.89. The molecule has 1 saturated heterocycles. The number of aryl methyl sites for hydroxylation is 1. The van der Waals surface area contributed by atoms with E-state index >= 15 is 0 Å². The number of aromatic nitrogens is 1. The topological polar surface area (TPSA) is 28.2 Å². The second kappa shape index (κ2) is 5.51. The summed E-state index contributed by atoms with van der Waals surface area (Å²) in [5.74, 6) is 0. The van der Waals surface area contributed by atoms with E-state index in [2.05, 4.69) is 35.2 Å². The smallest absolute Gasteiger partial charge is 0.110 e. The van der Waals surface area contributed by atoms with Gasteiger partial charge in [-0.25, -0.2) is 4.98 Å². The first-order chi connectivity index (χ1) is 9.22. The van der Waals surface area contributed by atoms with Gasteiger partial charge in [0.25, 0.3) is 0 Å².